The van der Waals surface area contributed by atoms with Crippen molar-refractivity contribution in [3.05, 3.63) is 42.5 Å². The molecule has 1 aromatic rings. The van der Waals surface area contributed by atoms with E-state index in [1.807, 2.05) is 12.1 Å². The van der Waals surface area contributed by atoms with Gasteiger partial charge in [-0.1, -0.05) is 64.2 Å². The lowest BCUT2D eigenvalue weighted by atomic mass is 10.0. The third-order valence-corrected chi connectivity index (χ3v) is 5.32. The van der Waals surface area contributed by atoms with E-state index >= 15 is 0 Å². The zero-order valence-electron chi connectivity index (χ0n) is 25.7. The van der Waals surface area contributed by atoms with Crippen molar-refractivity contribution in [2.24, 2.45) is 0 Å². The van der Waals surface area contributed by atoms with E-state index < -0.39 is 18.4 Å². The minimum atomic E-state index is -1.01. The van der Waals surface area contributed by atoms with Crippen molar-refractivity contribution in [2.75, 3.05) is 66.1 Å². The smallest absolute Gasteiger partial charge is 0.327 e. The molecule has 2 unspecified atom stereocenters. The lowest BCUT2D eigenvalue weighted by molar-refractivity contribution is -0.131. The van der Waals surface area contributed by atoms with Crippen molar-refractivity contribution in [2.45, 2.75) is 77.6 Å². The van der Waals surface area contributed by atoms with Gasteiger partial charge in [0.25, 0.3) is 0 Å². The molecule has 5 N–H and O–H groups in total. The predicted molar refractivity (Wildman–Crippen MR) is 162 cm³/mol. The Bertz CT molecular complexity index is 699. The molecule has 0 aliphatic rings. The van der Waals surface area contributed by atoms with Gasteiger partial charge in [-0.05, 0) is 37.5 Å². The third-order valence-electron chi connectivity index (χ3n) is 5.32. The van der Waals surface area contributed by atoms with Crippen molar-refractivity contribution in [1.82, 2.24) is 0 Å². The lowest BCUT2D eigenvalue weighted by Gasteiger charge is -2.14. The Morgan fingerprint density at radius 1 is 0.810 bits per heavy atom. The fourth-order valence-corrected chi connectivity index (χ4v) is 3.12. The second-order valence-electron chi connectivity index (χ2n) is 9.30. The molecular weight excluding hydrogens is 548 g/mol. The fourth-order valence-electron chi connectivity index (χ4n) is 3.12. The molecule has 1 rings (SSSR count). The predicted octanol–water partition coefficient (Wildman–Crippen LogP) is 3.35. The monoisotopic (exact) mass is 604 g/mol. The number of unbranched alkanes of at least 4 members (excludes halogenated alkanes) is 6. The highest BCUT2D eigenvalue weighted by Crippen LogP contribution is 2.16. The molecule has 2 atom stereocenters. The average molecular weight is 605 g/mol. The van der Waals surface area contributed by atoms with Crippen LogP contribution in [0.4, 0.5) is 0 Å². The normalized spacial score (nSPS) is 11.9. The summed E-state index contributed by atoms with van der Waals surface area (Å²) in [5.74, 6) is -0.342. The van der Waals surface area contributed by atoms with E-state index in [-0.39, 0.29) is 19.8 Å². The molecule has 11 heteroatoms. The summed E-state index contributed by atoms with van der Waals surface area (Å²) >= 11 is 0. The maximum Gasteiger partial charge on any atom is 0.327 e. The summed E-state index contributed by atoms with van der Waals surface area (Å²) in [7, 11) is 0. The number of carbonyl (C=O) groups is 1. The minimum absolute atomic E-state index is 0.0223. The number of rotatable bonds is 25. The second-order valence-corrected chi connectivity index (χ2v) is 9.30. The fraction of sp³-hybridized carbons (Fsp3) is 0.710. The number of ether oxygens (including phenoxy) is 5. The number of carboxylic acids is 1. The van der Waals surface area contributed by atoms with E-state index in [2.05, 4.69) is 25.6 Å². The van der Waals surface area contributed by atoms with E-state index in [4.69, 9.17) is 44.1 Å². The Morgan fingerprint density at radius 2 is 1.26 bits per heavy atom. The maximum atomic E-state index is 9.96. The summed E-state index contributed by atoms with van der Waals surface area (Å²) in [5.41, 5.74) is 1.30. The van der Waals surface area contributed by atoms with E-state index in [9.17, 15) is 9.90 Å². The molecule has 0 aliphatic carbocycles. The van der Waals surface area contributed by atoms with Gasteiger partial charge in [-0.25, -0.2) is 4.79 Å². The zero-order valence-corrected chi connectivity index (χ0v) is 25.7. The van der Waals surface area contributed by atoms with Gasteiger partial charge in [0, 0.05) is 6.08 Å². The van der Waals surface area contributed by atoms with Crippen molar-refractivity contribution in [1.29, 1.82) is 0 Å². The van der Waals surface area contributed by atoms with Gasteiger partial charge in [-0.3, -0.25) is 0 Å². The molecule has 0 saturated carbocycles. The SMILES string of the molecule is C=CC(=O)O.CC(O)CO.CCCCCCCCCc1ccc(OC(O)COCCOCCOCCOCCO)cc1. The number of aliphatic carboxylic acids is 1. The number of benzene rings is 1. The maximum absolute atomic E-state index is 9.96. The van der Waals surface area contributed by atoms with Gasteiger partial charge >= 0.3 is 5.97 Å². The van der Waals surface area contributed by atoms with Gasteiger partial charge in [0.2, 0.25) is 6.29 Å². The van der Waals surface area contributed by atoms with Gasteiger partial charge in [-0.15, -0.1) is 0 Å². The summed E-state index contributed by atoms with van der Waals surface area (Å²) in [5, 5.41) is 42.1. The standard InChI is InChI=1S/C25H44O7.C3H8O2.C3H4O2/c1-2-3-4-5-6-7-8-9-23-10-12-24(13-11-23)32-25(27)22-31-21-20-30-19-18-29-17-16-28-15-14-26;1-3(5)2-4;1-2-3(4)5/h10-13,25-27H,2-9,14-22H2,1H3;3-5H,2H2,1H3;2H,1H2,(H,4,5). The van der Waals surface area contributed by atoms with Crippen LogP contribution in [0.5, 0.6) is 5.75 Å². The number of hydrogen-bond acceptors (Lipinski definition) is 10. The molecule has 0 saturated heterocycles. The van der Waals surface area contributed by atoms with Crippen LogP contribution in [0.3, 0.4) is 0 Å². The van der Waals surface area contributed by atoms with Crippen LogP contribution in [0, 0.1) is 0 Å². The summed E-state index contributed by atoms with van der Waals surface area (Å²) in [6, 6.07) is 7.93. The van der Waals surface area contributed by atoms with Gasteiger partial charge in [-0.2, -0.15) is 0 Å². The van der Waals surface area contributed by atoms with Crippen LogP contribution < -0.4 is 4.74 Å². The average Bonchev–Trinajstić information content (AvgIpc) is 2.98. The Hall–Kier alpha value is -2.09. The largest absolute Gasteiger partial charge is 0.478 e. The van der Waals surface area contributed by atoms with Crippen molar-refractivity contribution >= 4 is 5.97 Å². The van der Waals surface area contributed by atoms with E-state index in [0.29, 0.717) is 52.0 Å². The molecular formula is C31H56O11. The molecule has 0 radical (unpaired) electrons. The molecule has 0 bridgehead atoms. The highest BCUT2D eigenvalue weighted by atomic mass is 16.6. The first-order chi connectivity index (χ1) is 20.3. The van der Waals surface area contributed by atoms with Crippen LogP contribution >= 0.6 is 0 Å². The Balaban J connectivity index is 0. The van der Waals surface area contributed by atoms with Gasteiger partial charge < -0.3 is 49.2 Å². The number of carboxylic acid groups (broad SMARTS) is 1. The first-order valence-corrected chi connectivity index (χ1v) is 14.8. The first kappa shape index (κ1) is 42.0. The molecule has 0 fully saturated rings. The molecule has 0 spiro atoms. The number of aliphatic hydroxyl groups excluding tert-OH is 4. The molecule has 1 aromatic carbocycles. The molecule has 0 aromatic heterocycles. The van der Waals surface area contributed by atoms with Crippen LogP contribution in [-0.4, -0.2) is 110 Å². The minimum Gasteiger partial charge on any atom is -0.478 e. The number of aryl methyl sites for hydroxylation is 1. The molecule has 246 valence electrons. The summed E-state index contributed by atoms with van der Waals surface area (Å²) in [6.45, 7) is 9.71. The van der Waals surface area contributed by atoms with Crippen molar-refractivity contribution < 1.29 is 54.0 Å². The topological polar surface area (TPSA) is 164 Å². The van der Waals surface area contributed by atoms with Crippen molar-refractivity contribution in [3.8, 4) is 5.75 Å². The van der Waals surface area contributed by atoms with Crippen LogP contribution in [-0.2, 0) is 30.2 Å². The lowest BCUT2D eigenvalue weighted by Crippen LogP contribution is -2.23. The second kappa shape index (κ2) is 33.4. The molecule has 0 aliphatic heterocycles. The van der Waals surface area contributed by atoms with Crippen LogP contribution in [0.2, 0.25) is 0 Å². The quantitative estimate of drug-likeness (QED) is 0.0631. The molecule has 42 heavy (non-hydrogen) atoms. The number of aliphatic hydroxyl groups is 4. The van der Waals surface area contributed by atoms with Gasteiger partial charge in [0.05, 0.1) is 65.6 Å². The molecule has 0 heterocycles. The first-order valence-electron chi connectivity index (χ1n) is 14.8. The van der Waals surface area contributed by atoms with Gasteiger partial charge in [0.15, 0.2) is 0 Å². The Kier molecular flexibility index (Phi) is 33.4. The summed E-state index contributed by atoms with van der Waals surface area (Å²) in [4.78, 5) is 9.25. The van der Waals surface area contributed by atoms with Crippen molar-refractivity contribution in [3.63, 3.8) is 0 Å². The zero-order chi connectivity index (χ0) is 31.7. The highest BCUT2D eigenvalue weighted by Gasteiger charge is 2.06. The summed E-state index contributed by atoms with van der Waals surface area (Å²) in [6.07, 6.45) is 9.54. The van der Waals surface area contributed by atoms with E-state index in [1.54, 1.807) is 0 Å². The third kappa shape index (κ3) is 34.1. The van der Waals surface area contributed by atoms with Gasteiger partial charge in [0.1, 0.15) is 12.4 Å². The molecule has 0 amide bonds. The number of hydrogen-bond donors (Lipinski definition) is 5. The summed E-state index contributed by atoms with van der Waals surface area (Å²) < 4.78 is 26.6. The van der Waals surface area contributed by atoms with E-state index in [0.717, 1.165) is 12.5 Å². The highest BCUT2D eigenvalue weighted by molar-refractivity contribution is 5.78. The molecule has 11 nitrogen and oxygen atoms in total. The van der Waals surface area contributed by atoms with Crippen LogP contribution in [0.25, 0.3) is 0 Å². The van der Waals surface area contributed by atoms with Crippen LogP contribution in [0.1, 0.15) is 64.4 Å². The Morgan fingerprint density at radius 3 is 1.71 bits per heavy atom. The van der Waals surface area contributed by atoms with Crippen LogP contribution in [0.15, 0.2) is 36.9 Å². The Labute approximate surface area is 252 Å². The van der Waals surface area contributed by atoms with E-state index in [1.165, 1.54) is 57.4 Å².